The summed E-state index contributed by atoms with van der Waals surface area (Å²) in [6.45, 7) is 0. The number of phenols is 1. The second-order valence-electron chi connectivity index (χ2n) is 2.84. The molecule has 1 aromatic carbocycles. The van der Waals surface area contributed by atoms with Gasteiger partial charge in [-0.3, -0.25) is 4.55 Å². The van der Waals surface area contributed by atoms with Crippen molar-refractivity contribution in [1.82, 2.24) is 0 Å². The van der Waals surface area contributed by atoms with Gasteiger partial charge in [0.15, 0.2) is 0 Å². The van der Waals surface area contributed by atoms with Crippen molar-refractivity contribution in [1.29, 1.82) is 0 Å². The number of carboxylic acid groups (broad SMARTS) is 2. The van der Waals surface area contributed by atoms with Crippen LogP contribution in [0.5, 0.6) is 5.75 Å². The van der Waals surface area contributed by atoms with E-state index in [0.717, 1.165) is 0 Å². The van der Waals surface area contributed by atoms with Crippen molar-refractivity contribution in [2.75, 3.05) is 0 Å². The summed E-state index contributed by atoms with van der Waals surface area (Å²) in [7, 11) is -4.94. The fourth-order valence-electron chi connectivity index (χ4n) is 1.14. The SMILES string of the molecule is O=C(O)c1c(O)[c]cc(S(=O)(=O)O)c1C(=O)O. The lowest BCUT2D eigenvalue weighted by Gasteiger charge is -2.07. The zero-order valence-corrected chi connectivity index (χ0v) is 8.72. The van der Waals surface area contributed by atoms with Gasteiger partial charge in [0, 0.05) is 6.07 Å². The van der Waals surface area contributed by atoms with Gasteiger partial charge in [-0.2, -0.15) is 8.42 Å². The van der Waals surface area contributed by atoms with Crippen LogP contribution in [0.1, 0.15) is 20.7 Å². The van der Waals surface area contributed by atoms with Crippen molar-refractivity contribution in [3.05, 3.63) is 23.3 Å². The molecule has 0 bridgehead atoms. The number of rotatable bonds is 3. The van der Waals surface area contributed by atoms with Gasteiger partial charge in [-0.05, 0) is 6.07 Å². The molecule has 0 aliphatic heterocycles. The van der Waals surface area contributed by atoms with Crippen LogP contribution in [-0.4, -0.2) is 40.2 Å². The molecule has 0 spiro atoms. The molecule has 0 fully saturated rings. The molecule has 1 rings (SSSR count). The number of carboxylic acids is 2. The van der Waals surface area contributed by atoms with Crippen LogP contribution in [0.4, 0.5) is 0 Å². The molecule has 0 aromatic heterocycles. The van der Waals surface area contributed by atoms with Crippen molar-refractivity contribution in [2.45, 2.75) is 4.90 Å². The number of benzene rings is 1. The molecule has 0 amide bonds. The maximum Gasteiger partial charge on any atom is 0.340 e. The summed E-state index contributed by atoms with van der Waals surface area (Å²) in [5.74, 6) is -4.82. The third-order valence-corrected chi connectivity index (χ3v) is 2.66. The molecular formula is C8H5O8S. The highest BCUT2D eigenvalue weighted by Crippen LogP contribution is 2.27. The Hall–Kier alpha value is -2.13. The monoisotopic (exact) mass is 261 g/mol. The minimum absolute atomic E-state index is 0.473. The first-order valence-electron chi connectivity index (χ1n) is 3.88. The maximum atomic E-state index is 10.8. The molecule has 17 heavy (non-hydrogen) atoms. The first kappa shape index (κ1) is 12.9. The molecule has 0 unspecified atom stereocenters. The van der Waals surface area contributed by atoms with Crippen molar-refractivity contribution in [3.63, 3.8) is 0 Å². The molecule has 0 saturated heterocycles. The highest BCUT2D eigenvalue weighted by atomic mass is 32.2. The number of aromatic hydroxyl groups is 1. The van der Waals surface area contributed by atoms with Gasteiger partial charge in [0.2, 0.25) is 0 Å². The highest BCUT2D eigenvalue weighted by Gasteiger charge is 2.29. The fraction of sp³-hybridized carbons (Fsp3) is 0. The summed E-state index contributed by atoms with van der Waals surface area (Å²) < 4.78 is 30.4. The second kappa shape index (κ2) is 4.03. The summed E-state index contributed by atoms with van der Waals surface area (Å²) in [6, 6.07) is 2.30. The molecule has 8 nitrogen and oxygen atoms in total. The molecule has 91 valence electrons. The number of hydrogen-bond donors (Lipinski definition) is 4. The number of aromatic carboxylic acids is 2. The Bertz CT molecular complexity index is 600. The Balaban J connectivity index is 3.85. The summed E-state index contributed by atoms with van der Waals surface area (Å²) in [6.07, 6.45) is 0. The van der Waals surface area contributed by atoms with Crippen molar-refractivity contribution < 1.29 is 37.9 Å². The largest absolute Gasteiger partial charge is 0.506 e. The lowest BCUT2D eigenvalue weighted by Crippen LogP contribution is -2.14. The minimum Gasteiger partial charge on any atom is -0.506 e. The zero-order valence-electron chi connectivity index (χ0n) is 7.91. The quantitative estimate of drug-likeness (QED) is 0.548. The maximum absolute atomic E-state index is 10.8. The van der Waals surface area contributed by atoms with Gasteiger partial charge in [0.25, 0.3) is 10.1 Å². The van der Waals surface area contributed by atoms with E-state index in [1.54, 1.807) is 0 Å². The summed E-state index contributed by atoms with van der Waals surface area (Å²) in [5, 5.41) is 26.5. The van der Waals surface area contributed by atoms with Gasteiger partial charge >= 0.3 is 11.9 Å². The molecule has 0 atom stereocenters. The van der Waals surface area contributed by atoms with Crippen molar-refractivity contribution in [3.8, 4) is 5.75 Å². The van der Waals surface area contributed by atoms with E-state index in [0.29, 0.717) is 6.07 Å². The van der Waals surface area contributed by atoms with Gasteiger partial charge in [-0.25, -0.2) is 9.59 Å². The van der Waals surface area contributed by atoms with Crippen molar-refractivity contribution in [2.24, 2.45) is 0 Å². The summed E-state index contributed by atoms with van der Waals surface area (Å²) in [5.41, 5.74) is -2.39. The van der Waals surface area contributed by atoms with Gasteiger partial charge in [-0.15, -0.1) is 0 Å². The fourth-order valence-corrected chi connectivity index (χ4v) is 1.80. The predicted molar refractivity (Wildman–Crippen MR) is 50.7 cm³/mol. The lowest BCUT2D eigenvalue weighted by molar-refractivity contribution is 0.0645. The smallest absolute Gasteiger partial charge is 0.340 e. The average Bonchev–Trinajstić information content (AvgIpc) is 2.14. The van der Waals surface area contributed by atoms with Crippen LogP contribution in [-0.2, 0) is 10.1 Å². The van der Waals surface area contributed by atoms with E-state index in [4.69, 9.17) is 19.9 Å². The Morgan fingerprint density at radius 1 is 1.12 bits per heavy atom. The first-order valence-corrected chi connectivity index (χ1v) is 5.32. The van der Waals surface area contributed by atoms with Crippen LogP contribution in [0.2, 0.25) is 0 Å². The van der Waals surface area contributed by atoms with Crippen LogP contribution < -0.4 is 0 Å². The van der Waals surface area contributed by atoms with E-state index in [1.165, 1.54) is 0 Å². The molecule has 0 heterocycles. The van der Waals surface area contributed by atoms with E-state index < -0.39 is 43.8 Å². The summed E-state index contributed by atoms with van der Waals surface area (Å²) in [4.78, 5) is 20.3. The molecule has 4 N–H and O–H groups in total. The lowest BCUT2D eigenvalue weighted by atomic mass is 10.1. The topological polar surface area (TPSA) is 149 Å². The molecular weight excluding hydrogens is 256 g/mol. The average molecular weight is 261 g/mol. The minimum atomic E-state index is -4.94. The third-order valence-electron chi connectivity index (χ3n) is 1.78. The van der Waals surface area contributed by atoms with Crippen LogP contribution in [0.15, 0.2) is 11.0 Å². The normalized spacial score (nSPS) is 11.1. The second-order valence-corrected chi connectivity index (χ2v) is 4.23. The van der Waals surface area contributed by atoms with E-state index in [2.05, 4.69) is 0 Å². The molecule has 9 heteroatoms. The Morgan fingerprint density at radius 2 is 1.59 bits per heavy atom. The molecule has 0 aliphatic carbocycles. The van der Waals surface area contributed by atoms with Crippen molar-refractivity contribution >= 4 is 22.1 Å². The van der Waals surface area contributed by atoms with Gasteiger partial charge in [0.1, 0.15) is 16.2 Å². The highest BCUT2D eigenvalue weighted by molar-refractivity contribution is 7.86. The molecule has 0 saturated carbocycles. The zero-order chi connectivity index (χ0) is 13.4. The molecule has 1 aromatic rings. The van der Waals surface area contributed by atoms with Crippen LogP contribution in [0.3, 0.4) is 0 Å². The van der Waals surface area contributed by atoms with Gasteiger partial charge < -0.3 is 15.3 Å². The molecule has 1 radical (unpaired) electrons. The Labute approximate surface area is 94.5 Å². The Morgan fingerprint density at radius 3 is 1.94 bits per heavy atom. The van der Waals surface area contributed by atoms with E-state index in [9.17, 15) is 18.0 Å². The predicted octanol–water partition coefficient (Wildman–Crippen LogP) is -0.165. The first-order chi connectivity index (χ1) is 7.66. The number of hydrogen-bond acceptors (Lipinski definition) is 5. The van der Waals surface area contributed by atoms with E-state index in [-0.39, 0.29) is 0 Å². The van der Waals surface area contributed by atoms with Gasteiger partial charge in [0.05, 0.1) is 5.56 Å². The van der Waals surface area contributed by atoms with Gasteiger partial charge in [-0.1, -0.05) is 0 Å². The number of carbonyl (C=O) groups is 2. The van der Waals surface area contributed by atoms with Crippen LogP contribution >= 0.6 is 0 Å². The summed E-state index contributed by atoms with van der Waals surface area (Å²) >= 11 is 0. The molecule has 0 aliphatic rings. The van der Waals surface area contributed by atoms with E-state index >= 15 is 0 Å². The van der Waals surface area contributed by atoms with Crippen LogP contribution in [0.25, 0.3) is 0 Å². The standard InChI is InChI=1S/C8H5O8S/c9-3-1-2-4(17(14,15)16)6(8(12)13)5(3)7(10)11/h2,9H,(H,10,11)(H,12,13)(H,14,15,16). The van der Waals surface area contributed by atoms with E-state index in [1.807, 2.05) is 6.07 Å². The van der Waals surface area contributed by atoms with Crippen LogP contribution in [0, 0.1) is 6.07 Å². The Kier molecular flexibility index (Phi) is 3.07. The third kappa shape index (κ3) is 2.34.